The number of carbonyl (C=O) groups is 1. The second kappa shape index (κ2) is 7.76. The lowest BCUT2D eigenvalue weighted by atomic mass is 10.2. The van der Waals surface area contributed by atoms with Crippen molar-refractivity contribution in [3.8, 4) is 0 Å². The lowest BCUT2D eigenvalue weighted by Crippen LogP contribution is -2.52. The van der Waals surface area contributed by atoms with Crippen LogP contribution in [0.4, 0.5) is 4.79 Å². The number of amides is 2. The molecular weight excluding hydrogens is 324 g/mol. The highest BCUT2D eigenvalue weighted by molar-refractivity contribution is 7.09. The molecule has 1 unspecified atom stereocenters. The number of hydrogen-bond acceptors (Lipinski definition) is 5. The molecule has 0 aliphatic carbocycles. The second-order valence-electron chi connectivity index (χ2n) is 6.00. The number of rotatable bonds is 5. The lowest BCUT2D eigenvalue weighted by molar-refractivity contribution is 0.131. The highest BCUT2D eigenvalue weighted by Crippen LogP contribution is 2.19. The largest absolute Gasteiger partial charge is 0.337 e. The van der Waals surface area contributed by atoms with E-state index in [9.17, 15) is 4.79 Å². The van der Waals surface area contributed by atoms with Crippen LogP contribution in [-0.4, -0.2) is 56.5 Å². The minimum atomic E-state index is 0.00287. The van der Waals surface area contributed by atoms with Gasteiger partial charge in [0.15, 0.2) is 0 Å². The van der Waals surface area contributed by atoms with E-state index in [1.807, 2.05) is 34.3 Å². The Labute approximate surface area is 146 Å². The molecule has 0 saturated carbocycles. The molecule has 8 heteroatoms. The number of urea groups is 1. The quantitative estimate of drug-likeness (QED) is 0.896. The smallest absolute Gasteiger partial charge is 0.318 e. The summed E-state index contributed by atoms with van der Waals surface area (Å²) in [6, 6.07) is 0.0109. The fourth-order valence-electron chi connectivity index (χ4n) is 2.84. The summed E-state index contributed by atoms with van der Waals surface area (Å²) < 4.78 is 2.04. The number of aromatic nitrogens is 3. The van der Waals surface area contributed by atoms with Gasteiger partial charge in [-0.2, -0.15) is 0 Å². The first-order chi connectivity index (χ1) is 11.7. The second-order valence-corrected chi connectivity index (χ2v) is 6.92. The van der Waals surface area contributed by atoms with Crippen molar-refractivity contribution in [3.63, 3.8) is 0 Å². The predicted octanol–water partition coefficient (Wildman–Crippen LogP) is 1.86. The molecule has 3 rings (SSSR count). The summed E-state index contributed by atoms with van der Waals surface area (Å²) in [4.78, 5) is 25.4. The van der Waals surface area contributed by atoms with Crippen LogP contribution in [0.25, 0.3) is 0 Å². The number of imidazole rings is 1. The van der Waals surface area contributed by atoms with Gasteiger partial charge >= 0.3 is 6.03 Å². The maximum Gasteiger partial charge on any atom is 0.318 e. The number of nitrogens with one attached hydrogen (secondary N) is 1. The first-order valence-electron chi connectivity index (χ1n) is 8.30. The number of piperazine rings is 1. The van der Waals surface area contributed by atoms with Crippen LogP contribution in [0, 0.1) is 0 Å². The predicted molar refractivity (Wildman–Crippen MR) is 93.7 cm³/mol. The maximum atomic E-state index is 12.5. The molecule has 0 bridgehead atoms. The first kappa shape index (κ1) is 16.9. The Kier molecular flexibility index (Phi) is 5.47. The Morgan fingerprint density at radius 1 is 1.29 bits per heavy atom. The number of aryl methyl sites for hydroxylation is 1. The third kappa shape index (κ3) is 3.93. The van der Waals surface area contributed by atoms with Crippen LogP contribution < -0.4 is 5.32 Å². The molecule has 1 aliphatic rings. The van der Waals surface area contributed by atoms with Crippen LogP contribution in [0.5, 0.6) is 0 Å². The van der Waals surface area contributed by atoms with Crippen molar-refractivity contribution >= 4 is 17.4 Å². The summed E-state index contributed by atoms with van der Waals surface area (Å²) in [5.74, 6) is 1.06. The fraction of sp³-hybridized carbons (Fsp3) is 0.562. The minimum Gasteiger partial charge on any atom is -0.337 e. The first-order valence-corrected chi connectivity index (χ1v) is 9.18. The summed E-state index contributed by atoms with van der Waals surface area (Å²) in [6.45, 7) is 6.12. The van der Waals surface area contributed by atoms with Gasteiger partial charge in [-0.3, -0.25) is 4.90 Å². The van der Waals surface area contributed by atoms with Crippen LogP contribution in [0.15, 0.2) is 24.0 Å². The summed E-state index contributed by atoms with van der Waals surface area (Å²) in [7, 11) is 2.01. The van der Waals surface area contributed by atoms with Gasteiger partial charge in [-0.1, -0.05) is 6.92 Å². The van der Waals surface area contributed by atoms with Crippen molar-refractivity contribution in [1.29, 1.82) is 0 Å². The van der Waals surface area contributed by atoms with E-state index in [1.165, 1.54) is 0 Å². The van der Waals surface area contributed by atoms with Crippen molar-refractivity contribution in [2.75, 3.05) is 26.2 Å². The van der Waals surface area contributed by atoms with Crippen molar-refractivity contribution in [1.82, 2.24) is 29.7 Å². The molecule has 1 aliphatic heterocycles. The van der Waals surface area contributed by atoms with Gasteiger partial charge in [0.2, 0.25) is 0 Å². The Bertz CT molecular complexity index is 647. The molecule has 1 atom stereocenters. The van der Waals surface area contributed by atoms with E-state index >= 15 is 0 Å². The van der Waals surface area contributed by atoms with Gasteiger partial charge in [0.1, 0.15) is 10.8 Å². The van der Waals surface area contributed by atoms with Gasteiger partial charge in [-0.15, -0.1) is 11.3 Å². The monoisotopic (exact) mass is 348 g/mol. The maximum absolute atomic E-state index is 12.5. The van der Waals surface area contributed by atoms with E-state index in [2.05, 4.69) is 27.1 Å². The third-order valence-electron chi connectivity index (χ3n) is 4.40. The molecule has 2 aromatic rings. The summed E-state index contributed by atoms with van der Waals surface area (Å²) in [5.41, 5.74) is 0. The SMILES string of the molecule is CCC(NC(=O)N1CCN(Cc2nccn2C)CC1)c1nccs1. The standard InChI is InChI=1S/C16H24N6OS/c1-3-13(15-18-5-11-24-15)19-16(23)22-9-7-21(8-10-22)12-14-17-4-6-20(14)2/h4-6,11,13H,3,7-10,12H2,1-2H3,(H,19,23). The number of hydrogen-bond donors (Lipinski definition) is 1. The molecule has 130 valence electrons. The highest BCUT2D eigenvalue weighted by atomic mass is 32.1. The van der Waals surface area contributed by atoms with Gasteiger partial charge in [0.05, 0.1) is 12.6 Å². The van der Waals surface area contributed by atoms with E-state index < -0.39 is 0 Å². The van der Waals surface area contributed by atoms with Crippen molar-refractivity contribution < 1.29 is 4.79 Å². The zero-order valence-electron chi connectivity index (χ0n) is 14.2. The summed E-state index contributed by atoms with van der Waals surface area (Å²) in [5, 5.41) is 6.02. The molecule has 3 heterocycles. The lowest BCUT2D eigenvalue weighted by Gasteiger charge is -2.35. The number of thiazole rings is 1. The Morgan fingerprint density at radius 3 is 2.67 bits per heavy atom. The molecule has 1 N–H and O–H groups in total. The zero-order valence-corrected chi connectivity index (χ0v) is 15.0. The molecule has 0 radical (unpaired) electrons. The van der Waals surface area contributed by atoms with Crippen LogP contribution in [0.1, 0.15) is 30.2 Å². The fourth-order valence-corrected chi connectivity index (χ4v) is 3.62. The average molecular weight is 348 g/mol. The van der Waals surface area contributed by atoms with Crippen LogP contribution >= 0.6 is 11.3 Å². The van der Waals surface area contributed by atoms with Gasteiger partial charge in [-0.05, 0) is 6.42 Å². The molecular formula is C16H24N6OS. The molecule has 1 saturated heterocycles. The van der Waals surface area contributed by atoms with Crippen molar-refractivity contribution in [2.24, 2.45) is 7.05 Å². The van der Waals surface area contributed by atoms with Crippen LogP contribution in [-0.2, 0) is 13.6 Å². The minimum absolute atomic E-state index is 0.00287. The Hall–Kier alpha value is -1.93. The molecule has 1 fully saturated rings. The van der Waals surface area contributed by atoms with Crippen molar-refractivity contribution in [2.45, 2.75) is 25.9 Å². The van der Waals surface area contributed by atoms with E-state index in [-0.39, 0.29) is 12.1 Å². The zero-order chi connectivity index (χ0) is 16.9. The summed E-state index contributed by atoms with van der Waals surface area (Å²) in [6.07, 6.45) is 6.41. The van der Waals surface area contributed by atoms with Gasteiger partial charge in [0.25, 0.3) is 0 Å². The number of carbonyl (C=O) groups excluding carboxylic acids is 1. The molecule has 7 nitrogen and oxygen atoms in total. The van der Waals surface area contributed by atoms with E-state index in [0.717, 1.165) is 50.0 Å². The Balaban J connectivity index is 1.49. The molecule has 2 aromatic heterocycles. The number of nitrogens with zero attached hydrogens (tertiary/aromatic N) is 5. The molecule has 24 heavy (non-hydrogen) atoms. The van der Waals surface area contributed by atoms with E-state index in [4.69, 9.17) is 0 Å². The Morgan fingerprint density at radius 2 is 2.08 bits per heavy atom. The van der Waals surface area contributed by atoms with Crippen LogP contribution in [0.2, 0.25) is 0 Å². The van der Waals surface area contributed by atoms with Gasteiger partial charge in [0, 0.05) is 57.2 Å². The van der Waals surface area contributed by atoms with E-state index in [0.29, 0.717) is 0 Å². The van der Waals surface area contributed by atoms with E-state index in [1.54, 1.807) is 17.5 Å². The van der Waals surface area contributed by atoms with Crippen LogP contribution in [0.3, 0.4) is 0 Å². The topological polar surface area (TPSA) is 66.3 Å². The van der Waals surface area contributed by atoms with Gasteiger partial charge in [-0.25, -0.2) is 14.8 Å². The molecule has 0 aromatic carbocycles. The molecule has 0 spiro atoms. The normalized spacial score (nSPS) is 17.0. The molecule has 2 amide bonds. The third-order valence-corrected chi connectivity index (χ3v) is 5.29. The van der Waals surface area contributed by atoms with Crippen molar-refractivity contribution in [3.05, 3.63) is 34.8 Å². The average Bonchev–Trinajstić information content (AvgIpc) is 3.26. The van der Waals surface area contributed by atoms with Gasteiger partial charge < -0.3 is 14.8 Å². The highest BCUT2D eigenvalue weighted by Gasteiger charge is 2.24. The summed E-state index contributed by atoms with van der Waals surface area (Å²) >= 11 is 1.59.